The highest BCUT2D eigenvalue weighted by molar-refractivity contribution is 6.06. The van der Waals surface area contributed by atoms with Gasteiger partial charge in [-0.15, -0.1) is 0 Å². The van der Waals surface area contributed by atoms with Crippen LogP contribution in [0.4, 0.5) is 5.69 Å². The topological polar surface area (TPSA) is 58.2 Å². The Hall–Kier alpha value is -2.62. The first-order valence-electron chi connectivity index (χ1n) is 8.83. The molecule has 0 aromatic heterocycles. The molecule has 2 amide bonds. The fraction of sp³-hybridized carbons (Fsp3) is 0.333. The van der Waals surface area contributed by atoms with Gasteiger partial charge in [0.15, 0.2) is 0 Å². The van der Waals surface area contributed by atoms with Crippen molar-refractivity contribution in [3.63, 3.8) is 0 Å². The summed E-state index contributed by atoms with van der Waals surface area (Å²) in [6.07, 6.45) is 4.42. The highest BCUT2D eigenvalue weighted by atomic mass is 16.2. The molecule has 0 bridgehead atoms. The molecule has 0 saturated heterocycles. The molecule has 1 aliphatic carbocycles. The molecule has 0 radical (unpaired) electrons. The first-order chi connectivity index (χ1) is 12.0. The van der Waals surface area contributed by atoms with Crippen LogP contribution in [0, 0.1) is 13.8 Å². The van der Waals surface area contributed by atoms with Crippen molar-refractivity contribution in [2.75, 3.05) is 5.32 Å². The summed E-state index contributed by atoms with van der Waals surface area (Å²) in [5.74, 6) is -0.308. The number of hydrogen-bond donors (Lipinski definition) is 2. The van der Waals surface area contributed by atoms with Crippen molar-refractivity contribution >= 4 is 17.5 Å². The molecule has 0 heterocycles. The van der Waals surface area contributed by atoms with E-state index >= 15 is 0 Å². The molecule has 1 aliphatic rings. The Kier molecular flexibility index (Phi) is 5.17. The quantitative estimate of drug-likeness (QED) is 0.878. The molecule has 2 N–H and O–H groups in total. The average Bonchev–Trinajstić information content (AvgIpc) is 3.12. The molecule has 1 saturated carbocycles. The van der Waals surface area contributed by atoms with Gasteiger partial charge in [-0.3, -0.25) is 9.59 Å². The maximum Gasteiger partial charge on any atom is 0.255 e. The van der Waals surface area contributed by atoms with E-state index in [1.54, 1.807) is 24.3 Å². The number of hydrogen-bond acceptors (Lipinski definition) is 2. The Morgan fingerprint density at radius 1 is 0.920 bits per heavy atom. The Labute approximate surface area is 148 Å². The number of nitrogens with one attached hydrogen (secondary N) is 2. The Balaban J connectivity index is 1.72. The van der Waals surface area contributed by atoms with E-state index in [2.05, 4.69) is 10.6 Å². The minimum atomic E-state index is -0.204. The molecular formula is C21H24N2O2. The molecular weight excluding hydrogens is 312 g/mol. The van der Waals surface area contributed by atoms with Crippen LogP contribution in [0.2, 0.25) is 0 Å². The van der Waals surface area contributed by atoms with Gasteiger partial charge in [-0.2, -0.15) is 0 Å². The summed E-state index contributed by atoms with van der Waals surface area (Å²) >= 11 is 0. The van der Waals surface area contributed by atoms with E-state index in [-0.39, 0.29) is 17.9 Å². The second-order valence-corrected chi connectivity index (χ2v) is 6.74. The van der Waals surface area contributed by atoms with Crippen LogP contribution in [0.5, 0.6) is 0 Å². The molecule has 1 fully saturated rings. The molecule has 4 nitrogen and oxygen atoms in total. The summed E-state index contributed by atoms with van der Waals surface area (Å²) in [5, 5.41) is 5.99. The van der Waals surface area contributed by atoms with Gasteiger partial charge < -0.3 is 10.6 Å². The lowest BCUT2D eigenvalue weighted by Crippen LogP contribution is -2.32. The second kappa shape index (κ2) is 7.51. The lowest BCUT2D eigenvalue weighted by atomic mass is 10.1. The molecule has 0 aliphatic heterocycles. The SMILES string of the molecule is Cc1cccc(NC(=O)c2cccc(C(=O)NC3CCCC3)c2)c1C. The number of anilines is 1. The van der Waals surface area contributed by atoms with Crippen LogP contribution in [-0.4, -0.2) is 17.9 Å². The van der Waals surface area contributed by atoms with E-state index in [0.29, 0.717) is 11.1 Å². The first-order valence-corrected chi connectivity index (χ1v) is 8.83. The third-order valence-corrected chi connectivity index (χ3v) is 4.93. The normalized spacial score (nSPS) is 14.3. The van der Waals surface area contributed by atoms with Crippen LogP contribution in [0.3, 0.4) is 0 Å². The van der Waals surface area contributed by atoms with Crippen molar-refractivity contribution in [3.05, 3.63) is 64.7 Å². The lowest BCUT2D eigenvalue weighted by molar-refractivity contribution is 0.0938. The van der Waals surface area contributed by atoms with E-state index in [1.165, 1.54) is 12.8 Å². The smallest absolute Gasteiger partial charge is 0.255 e. The summed E-state index contributed by atoms with van der Waals surface area (Å²) in [6, 6.07) is 13.0. The molecule has 25 heavy (non-hydrogen) atoms. The van der Waals surface area contributed by atoms with Gasteiger partial charge >= 0.3 is 0 Å². The predicted octanol–water partition coefficient (Wildman–Crippen LogP) is 4.23. The molecule has 0 atom stereocenters. The molecule has 2 aromatic rings. The molecule has 0 spiro atoms. The van der Waals surface area contributed by atoms with Gasteiger partial charge in [0.1, 0.15) is 0 Å². The Morgan fingerprint density at radius 3 is 2.28 bits per heavy atom. The van der Waals surface area contributed by atoms with E-state index < -0.39 is 0 Å². The van der Waals surface area contributed by atoms with Gasteiger partial charge in [0, 0.05) is 22.9 Å². The van der Waals surface area contributed by atoms with Gasteiger partial charge in [0.2, 0.25) is 0 Å². The molecule has 130 valence electrons. The largest absolute Gasteiger partial charge is 0.349 e. The number of rotatable bonds is 4. The Morgan fingerprint density at radius 2 is 1.56 bits per heavy atom. The molecule has 0 unspecified atom stereocenters. The monoisotopic (exact) mass is 336 g/mol. The van der Waals surface area contributed by atoms with E-state index in [0.717, 1.165) is 29.7 Å². The van der Waals surface area contributed by atoms with Gasteiger partial charge in [-0.05, 0) is 62.1 Å². The fourth-order valence-electron chi connectivity index (χ4n) is 3.22. The van der Waals surface area contributed by atoms with Crippen LogP contribution in [0.25, 0.3) is 0 Å². The lowest BCUT2D eigenvalue weighted by Gasteiger charge is -2.13. The molecule has 2 aromatic carbocycles. The number of aryl methyl sites for hydroxylation is 1. The molecule has 3 rings (SSSR count). The van der Waals surface area contributed by atoms with Crippen molar-refractivity contribution in [1.82, 2.24) is 5.32 Å². The maximum absolute atomic E-state index is 12.6. The van der Waals surface area contributed by atoms with E-state index in [9.17, 15) is 9.59 Å². The van der Waals surface area contributed by atoms with Crippen molar-refractivity contribution in [1.29, 1.82) is 0 Å². The average molecular weight is 336 g/mol. The number of amides is 2. The summed E-state index contributed by atoms with van der Waals surface area (Å²) in [4.78, 5) is 24.9. The minimum Gasteiger partial charge on any atom is -0.349 e. The maximum atomic E-state index is 12.6. The molecule has 4 heteroatoms. The van der Waals surface area contributed by atoms with E-state index in [1.807, 2.05) is 32.0 Å². The van der Waals surface area contributed by atoms with Crippen molar-refractivity contribution < 1.29 is 9.59 Å². The minimum absolute atomic E-state index is 0.103. The number of carbonyl (C=O) groups excluding carboxylic acids is 2. The standard InChI is InChI=1S/C21H24N2O2/c1-14-7-5-12-19(15(14)2)23-21(25)17-9-6-8-16(13-17)20(24)22-18-10-3-4-11-18/h5-9,12-13,18H,3-4,10-11H2,1-2H3,(H,22,24)(H,23,25). The predicted molar refractivity (Wildman–Crippen MR) is 100 cm³/mol. The van der Waals surface area contributed by atoms with Gasteiger partial charge in [0.25, 0.3) is 11.8 Å². The van der Waals surface area contributed by atoms with Crippen LogP contribution >= 0.6 is 0 Å². The number of benzene rings is 2. The van der Waals surface area contributed by atoms with Crippen LogP contribution in [0.1, 0.15) is 57.5 Å². The van der Waals surface area contributed by atoms with Crippen LogP contribution in [-0.2, 0) is 0 Å². The van der Waals surface area contributed by atoms with Gasteiger partial charge in [0.05, 0.1) is 0 Å². The third kappa shape index (κ3) is 4.08. The summed E-state index contributed by atoms with van der Waals surface area (Å²) in [5.41, 5.74) is 3.99. The second-order valence-electron chi connectivity index (χ2n) is 6.74. The van der Waals surface area contributed by atoms with Crippen molar-refractivity contribution in [2.24, 2.45) is 0 Å². The first kappa shape index (κ1) is 17.2. The summed E-state index contributed by atoms with van der Waals surface area (Å²) in [6.45, 7) is 4.00. The summed E-state index contributed by atoms with van der Waals surface area (Å²) < 4.78 is 0. The van der Waals surface area contributed by atoms with Crippen LogP contribution in [0.15, 0.2) is 42.5 Å². The van der Waals surface area contributed by atoms with Gasteiger partial charge in [-0.25, -0.2) is 0 Å². The summed E-state index contributed by atoms with van der Waals surface area (Å²) in [7, 11) is 0. The third-order valence-electron chi connectivity index (χ3n) is 4.93. The highest BCUT2D eigenvalue weighted by Crippen LogP contribution is 2.20. The van der Waals surface area contributed by atoms with Crippen LogP contribution < -0.4 is 10.6 Å². The number of carbonyl (C=O) groups is 2. The highest BCUT2D eigenvalue weighted by Gasteiger charge is 2.18. The Bertz CT molecular complexity index is 792. The zero-order chi connectivity index (χ0) is 17.8. The zero-order valence-corrected chi connectivity index (χ0v) is 14.8. The van der Waals surface area contributed by atoms with Gasteiger partial charge in [-0.1, -0.05) is 31.0 Å². The van der Waals surface area contributed by atoms with Crippen molar-refractivity contribution in [2.45, 2.75) is 45.6 Å². The van der Waals surface area contributed by atoms with Crippen molar-refractivity contribution in [3.8, 4) is 0 Å². The fourth-order valence-corrected chi connectivity index (χ4v) is 3.22. The van der Waals surface area contributed by atoms with E-state index in [4.69, 9.17) is 0 Å². The zero-order valence-electron chi connectivity index (χ0n) is 14.8.